The van der Waals surface area contributed by atoms with Gasteiger partial charge < -0.3 is 10.1 Å². The number of piperazine rings is 1. The molecule has 1 heterocycles. The zero-order valence-corrected chi connectivity index (χ0v) is 13.5. The predicted molar refractivity (Wildman–Crippen MR) is 88.9 cm³/mol. The van der Waals surface area contributed by atoms with Crippen LogP contribution in [0.5, 0.6) is 5.75 Å². The Kier molecular flexibility index (Phi) is 7.49. The Morgan fingerprint density at radius 1 is 1.26 bits per heavy atom. The first-order valence-electron chi connectivity index (χ1n) is 8.31. The summed E-state index contributed by atoms with van der Waals surface area (Å²) in [5, 5.41) is 3.36. The van der Waals surface area contributed by atoms with Crippen LogP contribution in [0.3, 0.4) is 0 Å². The molecule has 2 rings (SSSR count). The average Bonchev–Trinajstić information content (AvgIpc) is 2.55. The minimum Gasteiger partial charge on any atom is -0.435 e. The number of hydrogen-bond acceptors (Lipinski definition) is 3. The van der Waals surface area contributed by atoms with Crippen LogP contribution in [-0.2, 0) is 0 Å². The van der Waals surface area contributed by atoms with E-state index in [1.807, 2.05) is 12.1 Å². The summed E-state index contributed by atoms with van der Waals surface area (Å²) in [7, 11) is 0. The van der Waals surface area contributed by atoms with E-state index in [4.69, 9.17) is 0 Å². The van der Waals surface area contributed by atoms with Crippen LogP contribution in [0.25, 0.3) is 0 Å². The number of rotatable bonds is 9. The maximum absolute atomic E-state index is 12.4. The molecule has 5 heteroatoms. The van der Waals surface area contributed by atoms with Gasteiger partial charge in [-0.25, -0.2) is 0 Å². The summed E-state index contributed by atoms with van der Waals surface area (Å²) in [6.07, 6.45) is 6.19. The first-order chi connectivity index (χ1) is 11.2. The number of benzene rings is 1. The van der Waals surface area contributed by atoms with Gasteiger partial charge in [-0.3, -0.25) is 4.90 Å². The number of nitrogens with zero attached hydrogens (tertiary/aromatic N) is 1. The minimum atomic E-state index is -2.78. The van der Waals surface area contributed by atoms with Gasteiger partial charge in [-0.05, 0) is 37.0 Å². The van der Waals surface area contributed by atoms with Gasteiger partial charge in [0.1, 0.15) is 5.75 Å². The Labute approximate surface area is 137 Å². The molecule has 1 fully saturated rings. The standard InChI is InChI=1S/C18H26F2N2O/c1-2-3-4-5-9-17(22-12-10-21-11-13-22)15-7-6-8-16(14-15)23-18(19)20/h2,6-8,14,17-18,21H,1,3-5,9-13H2/t17-/m0/s1. The Bertz CT molecular complexity index is 476. The Morgan fingerprint density at radius 3 is 2.74 bits per heavy atom. The molecule has 1 N–H and O–H groups in total. The van der Waals surface area contributed by atoms with E-state index in [1.54, 1.807) is 18.2 Å². The van der Waals surface area contributed by atoms with E-state index in [1.165, 1.54) is 0 Å². The fourth-order valence-electron chi connectivity index (χ4n) is 3.08. The summed E-state index contributed by atoms with van der Waals surface area (Å²) in [6, 6.07) is 7.40. The Morgan fingerprint density at radius 2 is 2.04 bits per heavy atom. The lowest BCUT2D eigenvalue weighted by molar-refractivity contribution is -0.0499. The highest BCUT2D eigenvalue weighted by Gasteiger charge is 2.22. The largest absolute Gasteiger partial charge is 0.435 e. The fourth-order valence-corrected chi connectivity index (χ4v) is 3.08. The summed E-state index contributed by atoms with van der Waals surface area (Å²) >= 11 is 0. The average molecular weight is 324 g/mol. The Hall–Kier alpha value is -1.46. The van der Waals surface area contributed by atoms with Crippen molar-refractivity contribution < 1.29 is 13.5 Å². The molecule has 1 aliphatic rings. The van der Waals surface area contributed by atoms with E-state index < -0.39 is 6.61 Å². The van der Waals surface area contributed by atoms with Crippen molar-refractivity contribution in [2.75, 3.05) is 26.2 Å². The van der Waals surface area contributed by atoms with Crippen molar-refractivity contribution in [2.45, 2.75) is 38.3 Å². The molecular weight excluding hydrogens is 298 g/mol. The SMILES string of the molecule is C=CCCCC[C@@H](c1cccc(OC(F)F)c1)N1CCNCC1. The van der Waals surface area contributed by atoms with Gasteiger partial charge in [0.15, 0.2) is 0 Å². The normalized spacial score (nSPS) is 17.2. The molecule has 0 aliphatic carbocycles. The minimum absolute atomic E-state index is 0.240. The van der Waals surface area contributed by atoms with E-state index in [0.29, 0.717) is 0 Å². The number of unbranched alkanes of at least 4 members (excludes halogenated alkanes) is 2. The first-order valence-corrected chi connectivity index (χ1v) is 8.31. The summed E-state index contributed by atoms with van der Waals surface area (Å²) < 4.78 is 29.4. The number of hydrogen-bond donors (Lipinski definition) is 1. The highest BCUT2D eigenvalue weighted by Crippen LogP contribution is 2.30. The third-order valence-corrected chi connectivity index (χ3v) is 4.20. The molecule has 0 bridgehead atoms. The molecule has 1 atom stereocenters. The second kappa shape index (κ2) is 9.63. The molecule has 3 nitrogen and oxygen atoms in total. The van der Waals surface area contributed by atoms with Crippen LogP contribution in [0.4, 0.5) is 8.78 Å². The molecular formula is C18H26F2N2O. The van der Waals surface area contributed by atoms with Gasteiger partial charge in [0.05, 0.1) is 0 Å². The number of alkyl halides is 2. The van der Waals surface area contributed by atoms with Gasteiger partial charge in [-0.2, -0.15) is 8.78 Å². The quantitative estimate of drug-likeness (QED) is 0.549. The number of halogens is 2. The maximum Gasteiger partial charge on any atom is 0.387 e. The molecule has 23 heavy (non-hydrogen) atoms. The molecule has 1 aromatic rings. The number of ether oxygens (including phenoxy) is 1. The van der Waals surface area contributed by atoms with E-state index in [-0.39, 0.29) is 11.8 Å². The van der Waals surface area contributed by atoms with Gasteiger partial charge in [0.25, 0.3) is 0 Å². The molecule has 0 amide bonds. The van der Waals surface area contributed by atoms with E-state index in [2.05, 4.69) is 21.5 Å². The molecule has 0 saturated carbocycles. The summed E-state index contributed by atoms with van der Waals surface area (Å²) in [6.45, 7) is 4.87. The number of allylic oxidation sites excluding steroid dienone is 1. The van der Waals surface area contributed by atoms with Crippen LogP contribution in [0.1, 0.15) is 37.3 Å². The highest BCUT2D eigenvalue weighted by atomic mass is 19.3. The topological polar surface area (TPSA) is 24.5 Å². The Balaban J connectivity index is 2.09. The second-order valence-corrected chi connectivity index (χ2v) is 5.83. The molecule has 1 saturated heterocycles. The van der Waals surface area contributed by atoms with Gasteiger partial charge in [-0.15, -0.1) is 6.58 Å². The monoisotopic (exact) mass is 324 g/mol. The smallest absolute Gasteiger partial charge is 0.387 e. The van der Waals surface area contributed by atoms with Crippen LogP contribution in [0.2, 0.25) is 0 Å². The van der Waals surface area contributed by atoms with E-state index >= 15 is 0 Å². The van der Waals surface area contributed by atoms with Crippen LogP contribution < -0.4 is 10.1 Å². The number of nitrogens with one attached hydrogen (secondary N) is 1. The van der Waals surface area contributed by atoms with Crippen LogP contribution in [0, 0.1) is 0 Å². The zero-order valence-electron chi connectivity index (χ0n) is 13.5. The second-order valence-electron chi connectivity index (χ2n) is 5.83. The third kappa shape index (κ3) is 5.92. The lowest BCUT2D eigenvalue weighted by Gasteiger charge is -2.35. The van der Waals surface area contributed by atoms with Crippen LogP contribution >= 0.6 is 0 Å². The molecule has 0 unspecified atom stereocenters. The van der Waals surface area contributed by atoms with Crippen molar-refractivity contribution >= 4 is 0 Å². The van der Waals surface area contributed by atoms with Gasteiger partial charge in [0, 0.05) is 32.2 Å². The van der Waals surface area contributed by atoms with Crippen molar-refractivity contribution in [3.05, 3.63) is 42.5 Å². The van der Waals surface area contributed by atoms with Crippen molar-refractivity contribution in [1.82, 2.24) is 10.2 Å². The molecule has 1 aromatic carbocycles. The molecule has 0 spiro atoms. The van der Waals surface area contributed by atoms with Gasteiger partial charge in [0.2, 0.25) is 0 Å². The lowest BCUT2D eigenvalue weighted by Crippen LogP contribution is -2.45. The van der Waals surface area contributed by atoms with E-state index in [0.717, 1.165) is 57.4 Å². The maximum atomic E-state index is 12.4. The van der Waals surface area contributed by atoms with Crippen molar-refractivity contribution in [2.24, 2.45) is 0 Å². The molecule has 1 aliphatic heterocycles. The fraction of sp³-hybridized carbons (Fsp3) is 0.556. The van der Waals surface area contributed by atoms with E-state index in [9.17, 15) is 8.78 Å². The highest BCUT2D eigenvalue weighted by molar-refractivity contribution is 5.30. The molecule has 0 radical (unpaired) electrons. The first kappa shape index (κ1) is 17.9. The molecule has 0 aromatic heterocycles. The third-order valence-electron chi connectivity index (χ3n) is 4.20. The summed E-state index contributed by atoms with van der Waals surface area (Å²) in [5.41, 5.74) is 1.06. The summed E-state index contributed by atoms with van der Waals surface area (Å²) in [4.78, 5) is 2.44. The van der Waals surface area contributed by atoms with Crippen molar-refractivity contribution in [3.8, 4) is 5.75 Å². The molecule has 128 valence electrons. The zero-order chi connectivity index (χ0) is 16.5. The lowest BCUT2D eigenvalue weighted by atomic mass is 9.98. The van der Waals surface area contributed by atoms with Crippen LogP contribution in [0.15, 0.2) is 36.9 Å². The van der Waals surface area contributed by atoms with Gasteiger partial charge in [-0.1, -0.05) is 24.6 Å². The summed E-state index contributed by atoms with van der Waals surface area (Å²) in [5.74, 6) is 0.240. The van der Waals surface area contributed by atoms with Crippen molar-refractivity contribution in [1.29, 1.82) is 0 Å². The van der Waals surface area contributed by atoms with Crippen molar-refractivity contribution in [3.63, 3.8) is 0 Å². The van der Waals surface area contributed by atoms with Gasteiger partial charge >= 0.3 is 6.61 Å². The predicted octanol–water partition coefficient (Wildman–Crippen LogP) is 3.98. The van der Waals surface area contributed by atoms with Crippen LogP contribution in [-0.4, -0.2) is 37.7 Å².